The molecule has 72 valence electrons. The third-order valence-corrected chi connectivity index (χ3v) is 2.24. The average Bonchev–Trinajstić information content (AvgIpc) is 2.09. The van der Waals surface area contributed by atoms with Gasteiger partial charge in [-0.25, -0.2) is 0 Å². The van der Waals surface area contributed by atoms with E-state index in [1.165, 1.54) is 11.1 Å². The summed E-state index contributed by atoms with van der Waals surface area (Å²) in [5.41, 5.74) is 8.38. The zero-order valence-electron chi connectivity index (χ0n) is 8.03. The van der Waals surface area contributed by atoms with Crippen molar-refractivity contribution in [2.24, 2.45) is 5.73 Å². The van der Waals surface area contributed by atoms with E-state index in [4.69, 9.17) is 10.8 Å². The van der Waals surface area contributed by atoms with Gasteiger partial charge in [0.25, 0.3) is 0 Å². The van der Waals surface area contributed by atoms with Crippen molar-refractivity contribution in [3.63, 3.8) is 0 Å². The molecule has 2 heteroatoms. The summed E-state index contributed by atoms with van der Waals surface area (Å²) in [6, 6.07) is 8.30. The number of nitrogens with two attached hydrogens (primary N) is 1. The van der Waals surface area contributed by atoms with Crippen molar-refractivity contribution in [2.75, 3.05) is 6.61 Å². The summed E-state index contributed by atoms with van der Waals surface area (Å²) in [5.74, 6) is 0. The molecular weight excluding hydrogens is 162 g/mol. The van der Waals surface area contributed by atoms with E-state index in [1.807, 2.05) is 12.1 Å². The van der Waals surface area contributed by atoms with Crippen molar-refractivity contribution in [1.29, 1.82) is 0 Å². The quantitative estimate of drug-likeness (QED) is 0.730. The highest BCUT2D eigenvalue weighted by Crippen LogP contribution is 2.09. The van der Waals surface area contributed by atoms with Crippen LogP contribution in [0.5, 0.6) is 0 Å². The van der Waals surface area contributed by atoms with Crippen LogP contribution in [0.3, 0.4) is 0 Å². The molecule has 0 fully saturated rings. The molecule has 13 heavy (non-hydrogen) atoms. The molecule has 1 unspecified atom stereocenters. The Morgan fingerprint density at radius 2 is 2.08 bits per heavy atom. The van der Waals surface area contributed by atoms with E-state index in [0.29, 0.717) is 6.42 Å². The Morgan fingerprint density at radius 1 is 1.38 bits per heavy atom. The van der Waals surface area contributed by atoms with Crippen molar-refractivity contribution < 1.29 is 5.11 Å². The molecule has 0 saturated heterocycles. The van der Waals surface area contributed by atoms with Gasteiger partial charge in [0.15, 0.2) is 0 Å². The minimum Gasteiger partial charge on any atom is -0.396 e. The third-order valence-electron chi connectivity index (χ3n) is 2.24. The van der Waals surface area contributed by atoms with Crippen LogP contribution in [0.15, 0.2) is 24.3 Å². The van der Waals surface area contributed by atoms with Crippen molar-refractivity contribution in [1.82, 2.24) is 0 Å². The van der Waals surface area contributed by atoms with Crippen molar-refractivity contribution in [2.45, 2.75) is 25.8 Å². The predicted molar refractivity (Wildman–Crippen MR) is 54.6 cm³/mol. The lowest BCUT2D eigenvalue weighted by molar-refractivity contribution is 0.275. The first kappa shape index (κ1) is 10.2. The summed E-state index contributed by atoms with van der Waals surface area (Å²) in [6.07, 6.45) is 1.53. The first-order valence-corrected chi connectivity index (χ1v) is 4.65. The van der Waals surface area contributed by atoms with E-state index in [1.54, 1.807) is 0 Å². The third kappa shape index (κ3) is 3.17. The van der Waals surface area contributed by atoms with Gasteiger partial charge in [0, 0.05) is 12.6 Å². The molecule has 0 radical (unpaired) electrons. The molecule has 0 bridgehead atoms. The maximum atomic E-state index is 8.70. The average molecular weight is 179 g/mol. The molecule has 0 heterocycles. The second-order valence-corrected chi connectivity index (χ2v) is 3.40. The van der Waals surface area contributed by atoms with Gasteiger partial charge in [-0.1, -0.05) is 24.3 Å². The summed E-state index contributed by atoms with van der Waals surface area (Å²) < 4.78 is 0. The Labute approximate surface area is 79.4 Å². The van der Waals surface area contributed by atoms with Gasteiger partial charge in [-0.15, -0.1) is 0 Å². The second-order valence-electron chi connectivity index (χ2n) is 3.40. The van der Waals surface area contributed by atoms with Gasteiger partial charge in [-0.2, -0.15) is 0 Å². The molecule has 1 atom stereocenters. The van der Waals surface area contributed by atoms with Gasteiger partial charge < -0.3 is 10.8 Å². The van der Waals surface area contributed by atoms with Crippen LogP contribution in [0, 0.1) is 6.92 Å². The van der Waals surface area contributed by atoms with E-state index in [-0.39, 0.29) is 12.6 Å². The van der Waals surface area contributed by atoms with Crippen LogP contribution >= 0.6 is 0 Å². The molecule has 0 aromatic heterocycles. The van der Waals surface area contributed by atoms with E-state index < -0.39 is 0 Å². The molecule has 3 N–H and O–H groups in total. The molecule has 1 aromatic carbocycles. The second kappa shape index (κ2) is 5.00. The number of aliphatic hydroxyl groups excluding tert-OH is 1. The van der Waals surface area contributed by atoms with E-state index >= 15 is 0 Å². The van der Waals surface area contributed by atoms with Crippen LogP contribution in [0.1, 0.15) is 17.5 Å². The van der Waals surface area contributed by atoms with Crippen LogP contribution in [0.25, 0.3) is 0 Å². The minimum absolute atomic E-state index is 0.0751. The number of hydrogen-bond acceptors (Lipinski definition) is 2. The Morgan fingerprint density at radius 3 is 2.69 bits per heavy atom. The zero-order valence-corrected chi connectivity index (χ0v) is 8.03. The van der Waals surface area contributed by atoms with Gasteiger partial charge >= 0.3 is 0 Å². The fourth-order valence-corrected chi connectivity index (χ4v) is 1.39. The highest BCUT2D eigenvalue weighted by Gasteiger charge is 2.04. The Bertz CT molecular complexity index is 260. The lowest BCUT2D eigenvalue weighted by atomic mass is 10.0. The van der Waals surface area contributed by atoms with Gasteiger partial charge in [-0.3, -0.25) is 0 Å². The maximum Gasteiger partial charge on any atom is 0.0445 e. The van der Waals surface area contributed by atoms with E-state index in [0.717, 1.165) is 6.42 Å². The highest BCUT2D eigenvalue weighted by atomic mass is 16.3. The van der Waals surface area contributed by atoms with Crippen LogP contribution in [0.2, 0.25) is 0 Å². The molecule has 0 spiro atoms. The molecule has 0 aliphatic rings. The van der Waals surface area contributed by atoms with Crippen LogP contribution in [-0.2, 0) is 6.42 Å². The first-order chi connectivity index (χ1) is 6.24. The van der Waals surface area contributed by atoms with Gasteiger partial charge in [0.2, 0.25) is 0 Å². The number of hydrogen-bond donors (Lipinski definition) is 2. The van der Waals surface area contributed by atoms with Gasteiger partial charge in [0.1, 0.15) is 0 Å². The summed E-state index contributed by atoms with van der Waals surface area (Å²) in [4.78, 5) is 0. The molecule has 0 aliphatic heterocycles. The zero-order chi connectivity index (χ0) is 9.68. The number of aryl methyl sites for hydroxylation is 1. The Kier molecular flexibility index (Phi) is 3.93. The van der Waals surface area contributed by atoms with E-state index in [2.05, 4.69) is 19.1 Å². The summed E-state index contributed by atoms with van der Waals surface area (Å²) in [6.45, 7) is 2.26. The van der Waals surface area contributed by atoms with Crippen LogP contribution in [0.4, 0.5) is 0 Å². The first-order valence-electron chi connectivity index (χ1n) is 4.65. The largest absolute Gasteiger partial charge is 0.396 e. The number of rotatable bonds is 4. The molecule has 0 aliphatic carbocycles. The topological polar surface area (TPSA) is 46.2 Å². The summed E-state index contributed by atoms with van der Waals surface area (Å²) in [5, 5.41) is 8.70. The molecular formula is C11H17NO. The lowest BCUT2D eigenvalue weighted by Crippen LogP contribution is -2.24. The molecule has 2 nitrogen and oxygen atoms in total. The smallest absolute Gasteiger partial charge is 0.0445 e. The summed E-state index contributed by atoms with van der Waals surface area (Å²) >= 11 is 0. The number of benzene rings is 1. The van der Waals surface area contributed by atoms with E-state index in [9.17, 15) is 0 Å². The summed E-state index contributed by atoms with van der Waals surface area (Å²) in [7, 11) is 0. The molecule has 1 rings (SSSR count). The predicted octanol–water partition coefficient (Wildman–Crippen LogP) is 1.25. The van der Waals surface area contributed by atoms with Crippen molar-refractivity contribution in [3.8, 4) is 0 Å². The monoisotopic (exact) mass is 179 g/mol. The van der Waals surface area contributed by atoms with Gasteiger partial charge in [0.05, 0.1) is 0 Å². The SMILES string of the molecule is Cc1ccccc1CC(N)CCO. The lowest BCUT2D eigenvalue weighted by Gasteiger charge is -2.11. The van der Waals surface area contributed by atoms with Crippen LogP contribution in [-0.4, -0.2) is 17.8 Å². The minimum atomic E-state index is 0.0751. The highest BCUT2D eigenvalue weighted by molar-refractivity contribution is 5.26. The van der Waals surface area contributed by atoms with Crippen molar-refractivity contribution >= 4 is 0 Å². The Hall–Kier alpha value is -0.860. The molecule has 1 aromatic rings. The van der Waals surface area contributed by atoms with Crippen molar-refractivity contribution in [3.05, 3.63) is 35.4 Å². The molecule has 0 saturated carbocycles. The normalized spacial score (nSPS) is 12.8. The van der Waals surface area contributed by atoms with Crippen LogP contribution < -0.4 is 5.73 Å². The van der Waals surface area contributed by atoms with Gasteiger partial charge in [-0.05, 0) is 30.9 Å². The Balaban J connectivity index is 2.58. The molecule has 0 amide bonds. The fraction of sp³-hybridized carbons (Fsp3) is 0.455. The number of aliphatic hydroxyl groups is 1. The fourth-order valence-electron chi connectivity index (χ4n) is 1.39. The standard InChI is InChI=1S/C11H17NO/c1-9-4-2-3-5-10(9)8-11(12)6-7-13/h2-5,11,13H,6-8,12H2,1H3. The maximum absolute atomic E-state index is 8.70.